The summed E-state index contributed by atoms with van der Waals surface area (Å²) in [6, 6.07) is 8.42. The van der Waals surface area contributed by atoms with Crippen molar-refractivity contribution in [3.63, 3.8) is 0 Å². The first-order valence-electron chi connectivity index (χ1n) is 6.32. The Morgan fingerprint density at radius 3 is 2.84 bits per heavy atom. The van der Waals surface area contributed by atoms with Crippen molar-refractivity contribution in [2.75, 3.05) is 5.32 Å². The summed E-state index contributed by atoms with van der Waals surface area (Å²) in [4.78, 5) is 0. The molecule has 0 saturated carbocycles. The maximum atomic E-state index is 3.92. The molecule has 19 heavy (non-hydrogen) atoms. The van der Waals surface area contributed by atoms with Crippen LogP contribution in [0.25, 0.3) is 10.9 Å². The van der Waals surface area contributed by atoms with Crippen LogP contribution in [0.1, 0.15) is 12.5 Å². The number of tetrazole rings is 1. The van der Waals surface area contributed by atoms with Gasteiger partial charge in [0.05, 0.1) is 0 Å². The van der Waals surface area contributed by atoms with Crippen molar-refractivity contribution in [2.24, 2.45) is 7.05 Å². The number of rotatable bonds is 4. The molecule has 0 bridgehead atoms. The summed E-state index contributed by atoms with van der Waals surface area (Å²) in [7, 11) is 1.82. The van der Waals surface area contributed by atoms with E-state index in [0.29, 0.717) is 12.5 Å². The largest absolute Gasteiger partial charge is 0.349 e. The molecule has 0 radical (unpaired) electrons. The average molecular weight is 256 g/mol. The third-order valence-electron chi connectivity index (χ3n) is 3.27. The fourth-order valence-electron chi connectivity index (χ4n) is 2.28. The number of para-hydroxylation sites is 1. The Bertz CT molecular complexity index is 696. The predicted molar refractivity (Wildman–Crippen MR) is 73.7 cm³/mol. The molecule has 0 atom stereocenters. The summed E-state index contributed by atoms with van der Waals surface area (Å²) >= 11 is 0. The van der Waals surface area contributed by atoms with E-state index in [0.717, 1.165) is 6.54 Å². The molecule has 0 fully saturated rings. The number of hydrogen-bond donors (Lipinski definition) is 1. The second kappa shape index (κ2) is 4.72. The van der Waals surface area contributed by atoms with E-state index in [1.807, 2.05) is 7.05 Å². The highest BCUT2D eigenvalue weighted by Gasteiger charge is 2.08. The second-order valence-electron chi connectivity index (χ2n) is 4.44. The van der Waals surface area contributed by atoms with Crippen LogP contribution in [-0.4, -0.2) is 24.8 Å². The van der Waals surface area contributed by atoms with Gasteiger partial charge >= 0.3 is 0 Å². The van der Waals surface area contributed by atoms with Crippen molar-refractivity contribution in [1.82, 2.24) is 24.8 Å². The molecule has 98 valence electrons. The Hall–Kier alpha value is -2.37. The minimum Gasteiger partial charge on any atom is -0.349 e. The Labute approximate surface area is 111 Å². The molecule has 1 N–H and O–H groups in total. The Balaban J connectivity index is 1.91. The number of benzene rings is 1. The molecule has 6 heteroatoms. The average Bonchev–Trinajstić information content (AvgIpc) is 3.00. The third-order valence-corrected chi connectivity index (χ3v) is 3.27. The molecule has 3 rings (SSSR count). The van der Waals surface area contributed by atoms with Crippen LogP contribution < -0.4 is 5.32 Å². The van der Waals surface area contributed by atoms with Gasteiger partial charge in [-0.25, -0.2) is 4.68 Å². The van der Waals surface area contributed by atoms with Crippen LogP contribution in [0.2, 0.25) is 0 Å². The first kappa shape index (κ1) is 11.7. The Morgan fingerprint density at radius 1 is 1.26 bits per heavy atom. The van der Waals surface area contributed by atoms with Crippen LogP contribution in [-0.2, 0) is 20.1 Å². The minimum atomic E-state index is 0.674. The van der Waals surface area contributed by atoms with E-state index in [-0.39, 0.29) is 0 Å². The molecule has 0 aliphatic rings. The first-order chi connectivity index (χ1) is 9.29. The lowest BCUT2D eigenvalue weighted by molar-refractivity contribution is 0.712. The highest BCUT2D eigenvalue weighted by atomic mass is 15.6. The maximum Gasteiger partial charge on any atom is 0.242 e. The zero-order chi connectivity index (χ0) is 13.2. The smallest absolute Gasteiger partial charge is 0.242 e. The molecule has 2 aromatic heterocycles. The summed E-state index contributed by atoms with van der Waals surface area (Å²) in [6.45, 7) is 3.82. The van der Waals surface area contributed by atoms with Crippen molar-refractivity contribution >= 4 is 16.9 Å². The van der Waals surface area contributed by atoms with Gasteiger partial charge < -0.3 is 9.88 Å². The quantitative estimate of drug-likeness (QED) is 0.773. The van der Waals surface area contributed by atoms with E-state index in [4.69, 9.17) is 0 Å². The SMILES string of the molecule is CCn1cc(CNc2nnnn2C)c2ccccc21. The van der Waals surface area contributed by atoms with Crippen molar-refractivity contribution < 1.29 is 0 Å². The van der Waals surface area contributed by atoms with Gasteiger partial charge in [0, 0.05) is 37.2 Å². The predicted octanol–water partition coefficient (Wildman–Crippen LogP) is 1.80. The van der Waals surface area contributed by atoms with E-state index in [1.165, 1.54) is 16.5 Å². The van der Waals surface area contributed by atoms with Gasteiger partial charge in [-0.2, -0.15) is 0 Å². The molecular weight excluding hydrogens is 240 g/mol. The van der Waals surface area contributed by atoms with E-state index in [2.05, 4.69) is 62.8 Å². The van der Waals surface area contributed by atoms with E-state index >= 15 is 0 Å². The lowest BCUT2D eigenvalue weighted by atomic mass is 10.2. The summed E-state index contributed by atoms with van der Waals surface area (Å²) < 4.78 is 3.88. The maximum absolute atomic E-state index is 3.92. The molecular formula is C13H16N6. The minimum absolute atomic E-state index is 0.674. The van der Waals surface area contributed by atoms with Gasteiger partial charge in [0.15, 0.2) is 0 Å². The van der Waals surface area contributed by atoms with Crippen molar-refractivity contribution in [3.05, 3.63) is 36.0 Å². The number of fused-ring (bicyclic) bond motifs is 1. The summed E-state index contributed by atoms with van der Waals surface area (Å²) in [5.74, 6) is 0.674. The molecule has 0 spiro atoms. The van der Waals surface area contributed by atoms with Crippen LogP contribution in [0, 0.1) is 0 Å². The number of anilines is 1. The summed E-state index contributed by atoms with van der Waals surface area (Å²) in [6.07, 6.45) is 2.18. The van der Waals surface area contributed by atoms with Gasteiger partial charge in [-0.3, -0.25) is 0 Å². The van der Waals surface area contributed by atoms with Crippen molar-refractivity contribution in [3.8, 4) is 0 Å². The lowest BCUT2D eigenvalue weighted by Gasteiger charge is -2.02. The highest BCUT2D eigenvalue weighted by Crippen LogP contribution is 2.21. The van der Waals surface area contributed by atoms with Gasteiger partial charge in [0.2, 0.25) is 5.95 Å². The normalized spacial score (nSPS) is 11.1. The molecule has 6 nitrogen and oxygen atoms in total. The van der Waals surface area contributed by atoms with Crippen LogP contribution >= 0.6 is 0 Å². The second-order valence-corrected chi connectivity index (χ2v) is 4.44. The molecule has 0 amide bonds. The van der Waals surface area contributed by atoms with Crippen LogP contribution in [0.5, 0.6) is 0 Å². The van der Waals surface area contributed by atoms with E-state index in [1.54, 1.807) is 4.68 Å². The van der Waals surface area contributed by atoms with Crippen molar-refractivity contribution in [2.45, 2.75) is 20.0 Å². The molecule has 3 aromatic rings. The zero-order valence-electron chi connectivity index (χ0n) is 11.0. The monoisotopic (exact) mass is 256 g/mol. The van der Waals surface area contributed by atoms with Gasteiger partial charge in [-0.1, -0.05) is 23.3 Å². The van der Waals surface area contributed by atoms with E-state index in [9.17, 15) is 0 Å². The third kappa shape index (κ3) is 2.05. The molecule has 0 saturated heterocycles. The molecule has 2 heterocycles. The number of nitrogens with one attached hydrogen (secondary N) is 1. The molecule has 0 aliphatic heterocycles. The Morgan fingerprint density at radius 2 is 2.11 bits per heavy atom. The van der Waals surface area contributed by atoms with E-state index < -0.39 is 0 Å². The van der Waals surface area contributed by atoms with Crippen LogP contribution in [0.3, 0.4) is 0 Å². The van der Waals surface area contributed by atoms with Crippen LogP contribution in [0.4, 0.5) is 5.95 Å². The fraction of sp³-hybridized carbons (Fsp3) is 0.308. The highest BCUT2D eigenvalue weighted by molar-refractivity contribution is 5.84. The fourth-order valence-corrected chi connectivity index (χ4v) is 2.28. The van der Waals surface area contributed by atoms with Gasteiger partial charge in [-0.15, -0.1) is 0 Å². The van der Waals surface area contributed by atoms with Gasteiger partial charge in [0.25, 0.3) is 0 Å². The first-order valence-corrected chi connectivity index (χ1v) is 6.32. The number of nitrogens with zero attached hydrogens (tertiary/aromatic N) is 5. The molecule has 1 aromatic carbocycles. The molecule has 0 aliphatic carbocycles. The standard InChI is InChI=1S/C13H16N6/c1-3-19-9-10(11-6-4-5-7-12(11)19)8-14-13-15-16-17-18(13)2/h4-7,9H,3,8H2,1-2H3,(H,14,15,17). The Kier molecular flexibility index (Phi) is 2.91. The lowest BCUT2D eigenvalue weighted by Crippen LogP contribution is -2.05. The number of hydrogen-bond acceptors (Lipinski definition) is 4. The van der Waals surface area contributed by atoms with Crippen LogP contribution in [0.15, 0.2) is 30.5 Å². The number of aryl methyl sites for hydroxylation is 2. The topological polar surface area (TPSA) is 60.6 Å². The van der Waals surface area contributed by atoms with Crippen molar-refractivity contribution in [1.29, 1.82) is 0 Å². The number of aromatic nitrogens is 5. The summed E-state index contributed by atoms with van der Waals surface area (Å²) in [5, 5.41) is 15.9. The van der Waals surface area contributed by atoms with Gasteiger partial charge in [0.1, 0.15) is 0 Å². The van der Waals surface area contributed by atoms with Gasteiger partial charge in [-0.05, 0) is 29.0 Å². The summed E-state index contributed by atoms with van der Waals surface area (Å²) in [5.41, 5.74) is 2.51. The zero-order valence-corrected chi connectivity index (χ0v) is 11.0. The molecule has 0 unspecified atom stereocenters.